The van der Waals surface area contributed by atoms with Crippen LogP contribution in [0.3, 0.4) is 0 Å². The molecule has 0 bridgehead atoms. The van der Waals surface area contributed by atoms with E-state index in [1.807, 2.05) is 30.3 Å². The third-order valence-corrected chi connectivity index (χ3v) is 7.63. The highest BCUT2D eigenvalue weighted by atomic mass is 35.5. The molecule has 2 N–H and O–H groups in total. The molecular formula is C31H30ClN7O2. The van der Waals surface area contributed by atoms with Gasteiger partial charge in [0.1, 0.15) is 11.3 Å². The van der Waals surface area contributed by atoms with E-state index in [0.717, 1.165) is 43.9 Å². The zero-order valence-electron chi connectivity index (χ0n) is 22.9. The van der Waals surface area contributed by atoms with Crippen molar-refractivity contribution in [1.82, 2.24) is 29.7 Å². The van der Waals surface area contributed by atoms with Gasteiger partial charge in [0.2, 0.25) is 5.88 Å². The number of halogens is 1. The minimum absolute atomic E-state index is 0.300. The highest BCUT2D eigenvalue weighted by molar-refractivity contribution is 6.34. The van der Waals surface area contributed by atoms with Crippen molar-refractivity contribution in [3.63, 3.8) is 0 Å². The number of pyridine rings is 1. The lowest BCUT2D eigenvalue weighted by Gasteiger charge is -2.32. The van der Waals surface area contributed by atoms with E-state index in [1.165, 1.54) is 5.56 Å². The number of nitrogens with zero attached hydrogens (tertiary/aromatic N) is 5. The summed E-state index contributed by atoms with van der Waals surface area (Å²) in [6.07, 6.45) is 5.15. The quantitative estimate of drug-likeness (QED) is 0.257. The van der Waals surface area contributed by atoms with Gasteiger partial charge in [0.25, 0.3) is 5.91 Å². The lowest BCUT2D eigenvalue weighted by atomic mass is 10.1. The lowest BCUT2D eigenvalue weighted by Crippen LogP contribution is -2.43. The summed E-state index contributed by atoms with van der Waals surface area (Å²) in [5.74, 6) is 0.949. The van der Waals surface area contributed by atoms with E-state index in [2.05, 4.69) is 55.1 Å². The summed E-state index contributed by atoms with van der Waals surface area (Å²) < 4.78 is 6.18. The minimum atomic E-state index is -0.322. The number of anilines is 1. The number of aryl methyl sites for hydroxylation is 1. The molecule has 0 radical (unpaired) electrons. The molecule has 1 saturated heterocycles. The van der Waals surface area contributed by atoms with Crippen molar-refractivity contribution in [3.8, 4) is 23.0 Å². The molecule has 4 heterocycles. The average molecular weight is 568 g/mol. The van der Waals surface area contributed by atoms with Crippen molar-refractivity contribution in [3.05, 3.63) is 94.9 Å². The summed E-state index contributed by atoms with van der Waals surface area (Å²) in [5.41, 5.74) is 5.57. The Labute approximate surface area is 243 Å². The summed E-state index contributed by atoms with van der Waals surface area (Å²) in [6.45, 7) is 7.25. The molecule has 9 nitrogen and oxygen atoms in total. The number of aromatic amines is 1. The molecule has 3 aromatic heterocycles. The fraction of sp³-hybridized carbons (Fsp3) is 0.226. The smallest absolute Gasteiger partial charge is 0.257 e. The Morgan fingerprint density at radius 1 is 1.02 bits per heavy atom. The van der Waals surface area contributed by atoms with Gasteiger partial charge in [0.15, 0.2) is 5.82 Å². The molecule has 0 spiro atoms. The van der Waals surface area contributed by atoms with E-state index in [1.54, 1.807) is 36.8 Å². The van der Waals surface area contributed by atoms with Crippen LogP contribution in [0.4, 0.5) is 5.69 Å². The van der Waals surface area contributed by atoms with Crippen LogP contribution in [0.2, 0.25) is 5.02 Å². The summed E-state index contributed by atoms with van der Waals surface area (Å²) >= 11 is 6.46. The van der Waals surface area contributed by atoms with Crippen LogP contribution in [-0.2, 0) is 6.54 Å². The Bertz CT molecular complexity index is 1700. The number of nitrogens with one attached hydrogen (secondary N) is 2. The second-order valence-electron chi connectivity index (χ2n) is 10.2. The Kier molecular flexibility index (Phi) is 7.65. The first-order valence-corrected chi connectivity index (χ1v) is 13.9. The van der Waals surface area contributed by atoms with Gasteiger partial charge in [-0.15, -0.1) is 0 Å². The maximum atomic E-state index is 13.3. The van der Waals surface area contributed by atoms with Crippen LogP contribution in [0.1, 0.15) is 21.5 Å². The summed E-state index contributed by atoms with van der Waals surface area (Å²) in [6, 6.07) is 16.5. The molecule has 0 aliphatic carbocycles. The van der Waals surface area contributed by atoms with Gasteiger partial charge >= 0.3 is 0 Å². The zero-order chi connectivity index (χ0) is 28.3. The number of carbonyl (C=O) groups is 1. The Morgan fingerprint density at radius 3 is 2.61 bits per heavy atom. The number of hydrogen-bond acceptors (Lipinski definition) is 7. The number of hydrogen-bond donors (Lipinski definition) is 2. The summed E-state index contributed by atoms with van der Waals surface area (Å²) in [4.78, 5) is 34.6. The Balaban J connectivity index is 1.20. The second-order valence-corrected chi connectivity index (χ2v) is 10.7. The molecule has 0 atom stereocenters. The molecule has 6 rings (SSSR count). The molecule has 5 aromatic rings. The number of piperazine rings is 1. The largest absolute Gasteiger partial charge is 0.437 e. The average Bonchev–Trinajstić information content (AvgIpc) is 3.46. The van der Waals surface area contributed by atoms with Gasteiger partial charge in [-0.1, -0.05) is 17.7 Å². The van der Waals surface area contributed by atoms with E-state index in [9.17, 15) is 4.79 Å². The topological polar surface area (TPSA) is 99.3 Å². The number of likely N-dealkylation sites (N-methyl/N-ethyl adjacent to an activating group) is 1. The van der Waals surface area contributed by atoms with E-state index in [-0.39, 0.29) is 5.91 Å². The van der Waals surface area contributed by atoms with Gasteiger partial charge in [-0.25, -0.2) is 4.98 Å². The van der Waals surface area contributed by atoms with E-state index in [4.69, 9.17) is 16.3 Å². The number of fused-ring (bicyclic) bond motifs is 1. The molecule has 41 heavy (non-hydrogen) atoms. The van der Waals surface area contributed by atoms with Crippen LogP contribution in [0.15, 0.2) is 73.2 Å². The first-order valence-electron chi connectivity index (χ1n) is 13.5. The van der Waals surface area contributed by atoms with Crippen LogP contribution >= 0.6 is 11.6 Å². The number of amides is 1. The van der Waals surface area contributed by atoms with Crippen molar-refractivity contribution in [2.75, 3.05) is 38.5 Å². The Hall–Kier alpha value is -4.31. The predicted molar refractivity (Wildman–Crippen MR) is 161 cm³/mol. The minimum Gasteiger partial charge on any atom is -0.437 e. The number of benzene rings is 2. The van der Waals surface area contributed by atoms with E-state index >= 15 is 0 Å². The number of H-pyrrole nitrogens is 1. The van der Waals surface area contributed by atoms with E-state index < -0.39 is 0 Å². The number of aromatic nitrogens is 4. The maximum absolute atomic E-state index is 13.3. The van der Waals surface area contributed by atoms with Gasteiger partial charge in [-0.2, -0.15) is 4.98 Å². The molecule has 1 aliphatic heterocycles. The fourth-order valence-corrected chi connectivity index (χ4v) is 5.07. The summed E-state index contributed by atoms with van der Waals surface area (Å²) in [5, 5.41) is 3.31. The zero-order valence-corrected chi connectivity index (χ0v) is 23.7. The molecule has 1 aliphatic rings. The van der Waals surface area contributed by atoms with Crippen molar-refractivity contribution >= 4 is 34.2 Å². The standard InChI is InChI=1S/C31H30ClN7O2/c1-20-17-23(4-3-22(20)19-39-15-13-38(2)14-16-39)35-30(40)25-18-24(5-6-26(25)32)41-31-28-27(9-12-34-28)36-29(37-31)21-7-10-33-11-8-21/h3-12,17-18,34H,13-16,19H2,1-2H3,(H,35,40). The molecule has 10 heteroatoms. The predicted octanol–water partition coefficient (Wildman–Crippen LogP) is 5.77. The highest BCUT2D eigenvalue weighted by Gasteiger charge is 2.18. The molecule has 1 amide bonds. The van der Waals surface area contributed by atoms with E-state index in [0.29, 0.717) is 44.8 Å². The molecule has 2 aromatic carbocycles. The van der Waals surface area contributed by atoms with Crippen molar-refractivity contribution in [2.24, 2.45) is 0 Å². The van der Waals surface area contributed by atoms with Gasteiger partial charge in [0.05, 0.1) is 16.1 Å². The van der Waals surface area contributed by atoms with Crippen LogP contribution in [0, 0.1) is 6.92 Å². The molecule has 0 unspecified atom stereocenters. The number of ether oxygens (including phenoxy) is 1. The van der Waals surface area contributed by atoms with Crippen molar-refractivity contribution < 1.29 is 9.53 Å². The normalized spacial score (nSPS) is 14.3. The van der Waals surface area contributed by atoms with Crippen LogP contribution < -0.4 is 10.1 Å². The van der Waals surface area contributed by atoms with Gasteiger partial charge < -0.3 is 19.9 Å². The van der Waals surface area contributed by atoms with Gasteiger partial charge in [-0.05, 0) is 73.6 Å². The Morgan fingerprint density at radius 2 is 1.83 bits per heavy atom. The number of carbonyl (C=O) groups excluding carboxylic acids is 1. The first kappa shape index (κ1) is 26.9. The summed E-state index contributed by atoms with van der Waals surface area (Å²) in [7, 11) is 2.16. The third-order valence-electron chi connectivity index (χ3n) is 7.30. The second kappa shape index (κ2) is 11.7. The third kappa shape index (κ3) is 6.07. The van der Waals surface area contributed by atoms with Gasteiger partial charge in [-0.3, -0.25) is 14.7 Å². The first-order chi connectivity index (χ1) is 19.9. The SMILES string of the molecule is Cc1cc(NC(=O)c2cc(Oc3nc(-c4ccncc4)nc4cc[nH]c34)ccc2Cl)ccc1CN1CCN(C)CC1. The van der Waals surface area contributed by atoms with Crippen LogP contribution in [-0.4, -0.2) is 68.9 Å². The van der Waals surface area contributed by atoms with Crippen LogP contribution in [0.5, 0.6) is 11.6 Å². The fourth-order valence-electron chi connectivity index (χ4n) is 4.87. The molecule has 208 valence electrons. The molecular weight excluding hydrogens is 538 g/mol. The number of rotatable bonds is 7. The van der Waals surface area contributed by atoms with Crippen molar-refractivity contribution in [1.29, 1.82) is 0 Å². The van der Waals surface area contributed by atoms with Crippen LogP contribution in [0.25, 0.3) is 22.4 Å². The lowest BCUT2D eigenvalue weighted by molar-refractivity contribution is 0.102. The molecule has 1 fully saturated rings. The maximum Gasteiger partial charge on any atom is 0.257 e. The van der Waals surface area contributed by atoms with Crippen molar-refractivity contribution in [2.45, 2.75) is 13.5 Å². The molecule has 0 saturated carbocycles. The van der Waals surface area contributed by atoms with Gasteiger partial charge in [0, 0.05) is 62.6 Å². The monoisotopic (exact) mass is 567 g/mol. The highest BCUT2D eigenvalue weighted by Crippen LogP contribution is 2.31.